The van der Waals surface area contributed by atoms with Gasteiger partial charge in [0, 0.05) is 17.2 Å². The zero-order valence-electron chi connectivity index (χ0n) is 22.7. The number of aromatic nitrogens is 1. The Morgan fingerprint density at radius 3 is 2.35 bits per heavy atom. The molecule has 0 bridgehead atoms. The van der Waals surface area contributed by atoms with Gasteiger partial charge in [0.2, 0.25) is 0 Å². The molecular formula is C30H28ClF4N3O4S. The lowest BCUT2D eigenvalue weighted by atomic mass is 9.61. The average Bonchev–Trinajstić information content (AvgIpc) is 3.77. The molecule has 2 aromatic carbocycles. The van der Waals surface area contributed by atoms with Crippen molar-refractivity contribution in [2.75, 3.05) is 4.31 Å². The number of anilines is 1. The number of amides is 1. The van der Waals surface area contributed by atoms with E-state index in [9.17, 15) is 35.9 Å². The second kappa shape index (κ2) is 10.4. The third kappa shape index (κ3) is 5.06. The first kappa shape index (κ1) is 29.8. The number of hydrogen-bond acceptors (Lipinski definition) is 5. The number of halogens is 5. The smallest absolute Gasteiger partial charge is 0.380 e. The van der Waals surface area contributed by atoms with Crippen molar-refractivity contribution in [3.63, 3.8) is 0 Å². The third-order valence-corrected chi connectivity index (χ3v) is 11.2. The molecule has 228 valence electrons. The lowest BCUT2D eigenvalue weighted by Crippen LogP contribution is -2.56. The maximum Gasteiger partial charge on any atom is 0.417 e. The van der Waals surface area contributed by atoms with Gasteiger partial charge in [0.05, 0.1) is 33.9 Å². The third-order valence-electron chi connectivity index (χ3n) is 9.04. The minimum Gasteiger partial charge on any atom is -0.380 e. The Morgan fingerprint density at radius 2 is 1.74 bits per heavy atom. The highest BCUT2D eigenvalue weighted by Crippen LogP contribution is 2.62. The fourth-order valence-corrected chi connectivity index (χ4v) is 8.61. The van der Waals surface area contributed by atoms with Gasteiger partial charge in [-0.25, -0.2) is 12.8 Å². The first-order chi connectivity index (χ1) is 20.3. The van der Waals surface area contributed by atoms with Gasteiger partial charge in [0.15, 0.2) is 5.60 Å². The first-order valence-electron chi connectivity index (χ1n) is 13.9. The van der Waals surface area contributed by atoms with Crippen LogP contribution < -0.4 is 9.62 Å². The largest absolute Gasteiger partial charge is 0.417 e. The summed E-state index contributed by atoms with van der Waals surface area (Å²) in [6.45, 7) is 0.0229. The van der Waals surface area contributed by atoms with E-state index in [2.05, 4.69) is 10.3 Å². The molecule has 0 radical (unpaired) electrons. The summed E-state index contributed by atoms with van der Waals surface area (Å²) >= 11 is 6.15. The Morgan fingerprint density at radius 1 is 1.07 bits per heavy atom. The van der Waals surface area contributed by atoms with E-state index in [0.717, 1.165) is 24.3 Å². The van der Waals surface area contributed by atoms with Crippen molar-refractivity contribution in [2.24, 2.45) is 5.92 Å². The number of rotatable bonds is 6. The quantitative estimate of drug-likeness (QED) is 0.328. The molecule has 2 fully saturated rings. The number of fused-ring (bicyclic) bond motifs is 2. The van der Waals surface area contributed by atoms with Crippen molar-refractivity contribution in [3.05, 3.63) is 88.5 Å². The van der Waals surface area contributed by atoms with Gasteiger partial charge >= 0.3 is 6.18 Å². The monoisotopic (exact) mass is 637 g/mol. The molecule has 1 amide bonds. The summed E-state index contributed by atoms with van der Waals surface area (Å²) < 4.78 is 84.8. The number of carbonyl (C=O) groups is 1. The van der Waals surface area contributed by atoms with Crippen molar-refractivity contribution in [1.29, 1.82) is 0 Å². The number of sulfonamides is 1. The minimum atomic E-state index is -4.85. The average molecular weight is 638 g/mol. The molecule has 1 spiro atoms. The van der Waals surface area contributed by atoms with Crippen LogP contribution in [-0.2, 0) is 22.0 Å². The fraction of sp³-hybridized carbons (Fsp3) is 0.400. The summed E-state index contributed by atoms with van der Waals surface area (Å²) in [4.78, 5) is 17.3. The van der Waals surface area contributed by atoms with Crippen molar-refractivity contribution in [3.8, 4) is 0 Å². The summed E-state index contributed by atoms with van der Waals surface area (Å²) in [6.07, 6.45) is -3.46. The van der Waals surface area contributed by atoms with Gasteiger partial charge in [-0.15, -0.1) is 0 Å². The highest BCUT2D eigenvalue weighted by atomic mass is 35.5. The molecule has 2 N–H and O–H groups in total. The van der Waals surface area contributed by atoms with Crippen molar-refractivity contribution >= 4 is 33.2 Å². The second-order valence-corrected chi connectivity index (χ2v) is 13.8. The molecule has 1 unspecified atom stereocenters. The maximum atomic E-state index is 14.1. The summed E-state index contributed by atoms with van der Waals surface area (Å²) in [7, 11) is -4.28. The molecule has 2 saturated carbocycles. The van der Waals surface area contributed by atoms with Crippen LogP contribution in [0.15, 0.2) is 65.7 Å². The summed E-state index contributed by atoms with van der Waals surface area (Å²) in [5, 5.41) is 13.7. The van der Waals surface area contributed by atoms with Crippen LogP contribution in [0.5, 0.6) is 0 Å². The Labute approximate surface area is 250 Å². The molecule has 43 heavy (non-hydrogen) atoms. The first-order valence-corrected chi connectivity index (χ1v) is 15.7. The number of carbonyl (C=O) groups excluding carboxylic acids is 1. The van der Waals surface area contributed by atoms with E-state index >= 15 is 0 Å². The van der Waals surface area contributed by atoms with Gasteiger partial charge in [-0.3, -0.25) is 14.1 Å². The van der Waals surface area contributed by atoms with E-state index in [1.165, 1.54) is 22.6 Å². The highest BCUT2D eigenvalue weighted by Gasteiger charge is 2.65. The topological polar surface area (TPSA) is 99.6 Å². The van der Waals surface area contributed by atoms with Gasteiger partial charge in [0.25, 0.3) is 15.9 Å². The van der Waals surface area contributed by atoms with E-state index in [4.69, 9.17) is 11.6 Å². The normalized spacial score (nSPS) is 25.5. The van der Waals surface area contributed by atoms with E-state index < -0.39 is 57.8 Å². The zero-order chi connectivity index (χ0) is 30.8. The number of nitrogens with zero attached hydrogens (tertiary/aromatic N) is 2. The van der Waals surface area contributed by atoms with Crippen LogP contribution in [-0.4, -0.2) is 42.2 Å². The number of alkyl halides is 3. The molecule has 6 rings (SSSR count). The van der Waals surface area contributed by atoms with Crippen LogP contribution >= 0.6 is 11.6 Å². The Balaban J connectivity index is 1.43. The molecule has 3 aromatic rings. The van der Waals surface area contributed by atoms with Crippen LogP contribution in [0.2, 0.25) is 5.02 Å². The number of nitrogens with one attached hydrogen (secondary N) is 1. The predicted molar refractivity (Wildman–Crippen MR) is 151 cm³/mol. The van der Waals surface area contributed by atoms with Crippen LogP contribution in [0.25, 0.3) is 0 Å². The molecule has 1 aromatic heterocycles. The summed E-state index contributed by atoms with van der Waals surface area (Å²) in [5.74, 6) is -1.24. The number of benzene rings is 2. The summed E-state index contributed by atoms with van der Waals surface area (Å²) in [5.41, 5.74) is -2.63. The zero-order valence-corrected chi connectivity index (χ0v) is 24.3. The van der Waals surface area contributed by atoms with Crippen molar-refractivity contribution < 1.29 is 35.9 Å². The minimum absolute atomic E-state index is 0.0229. The molecule has 13 heteroatoms. The van der Waals surface area contributed by atoms with Gasteiger partial charge in [-0.05, 0) is 105 Å². The highest BCUT2D eigenvalue weighted by molar-refractivity contribution is 7.92. The SMILES string of the molecule is O=C(NCc1ncccc1Cl)c1ccc2c(c1)C1(CCC(O)(C(F)(F)F)CC1)C(C1CC1)N2S(=O)(=O)c1ccc(F)cc1. The van der Waals surface area contributed by atoms with Crippen LogP contribution in [0.1, 0.15) is 60.1 Å². The van der Waals surface area contributed by atoms with Gasteiger partial charge in [-0.2, -0.15) is 13.2 Å². The lowest BCUT2D eigenvalue weighted by Gasteiger charge is -2.47. The van der Waals surface area contributed by atoms with Gasteiger partial charge in [0.1, 0.15) is 5.82 Å². The van der Waals surface area contributed by atoms with Crippen LogP contribution in [0, 0.1) is 11.7 Å². The molecule has 7 nitrogen and oxygen atoms in total. The second-order valence-electron chi connectivity index (χ2n) is 11.6. The fourth-order valence-electron chi connectivity index (χ4n) is 6.63. The molecule has 0 saturated heterocycles. The molecular weight excluding hydrogens is 610 g/mol. The Hall–Kier alpha value is -3.22. The van der Waals surface area contributed by atoms with Gasteiger partial charge in [-0.1, -0.05) is 11.6 Å². The summed E-state index contributed by atoms with van der Waals surface area (Å²) in [6, 6.07) is 11.5. The van der Waals surface area contributed by atoms with Crippen LogP contribution in [0.3, 0.4) is 0 Å². The number of hydrogen-bond donors (Lipinski definition) is 2. The van der Waals surface area contributed by atoms with E-state index in [0.29, 0.717) is 29.1 Å². The number of pyridine rings is 1. The van der Waals surface area contributed by atoms with E-state index in [-0.39, 0.29) is 41.5 Å². The number of aliphatic hydroxyl groups is 1. The van der Waals surface area contributed by atoms with Gasteiger partial charge < -0.3 is 10.4 Å². The lowest BCUT2D eigenvalue weighted by molar-refractivity contribution is -0.273. The van der Waals surface area contributed by atoms with Crippen molar-refractivity contribution in [2.45, 2.75) is 73.2 Å². The molecule has 2 heterocycles. The van der Waals surface area contributed by atoms with Crippen molar-refractivity contribution in [1.82, 2.24) is 10.3 Å². The molecule has 1 atom stereocenters. The van der Waals surface area contributed by atoms with E-state index in [1.807, 2.05) is 0 Å². The maximum absolute atomic E-state index is 14.1. The predicted octanol–water partition coefficient (Wildman–Crippen LogP) is 5.90. The van der Waals surface area contributed by atoms with E-state index in [1.54, 1.807) is 18.2 Å². The molecule has 2 aliphatic carbocycles. The Kier molecular flexibility index (Phi) is 7.25. The Bertz CT molecular complexity index is 1670. The van der Waals surface area contributed by atoms with Crippen LogP contribution in [0.4, 0.5) is 23.2 Å². The molecule has 1 aliphatic heterocycles. The standard InChI is InChI=1S/C30H28ClF4N3O4S/c31-23-2-1-15-36-24(23)17-37-27(39)19-5-10-25-22(16-19)28(11-13-29(40,14-12-28)30(33,34)35)26(18-3-4-18)38(25)43(41,42)21-8-6-20(32)7-9-21/h1-2,5-10,15-16,18,26,40H,3-4,11-14,17H2,(H,37,39). The molecule has 3 aliphatic rings.